The van der Waals surface area contributed by atoms with E-state index in [-0.39, 0.29) is 21.9 Å². The molecular formula is C13H13IN2O4S2. The van der Waals surface area contributed by atoms with E-state index in [2.05, 4.69) is 32.3 Å². The maximum absolute atomic E-state index is 12.2. The van der Waals surface area contributed by atoms with Gasteiger partial charge in [-0.1, -0.05) is 6.92 Å². The summed E-state index contributed by atoms with van der Waals surface area (Å²) >= 11 is 3.15. The third-order valence-electron chi connectivity index (χ3n) is 2.50. The number of sulfonamides is 1. The van der Waals surface area contributed by atoms with E-state index in [0.717, 1.165) is 14.9 Å². The Morgan fingerprint density at radius 1 is 1.36 bits per heavy atom. The van der Waals surface area contributed by atoms with E-state index in [4.69, 9.17) is 4.74 Å². The van der Waals surface area contributed by atoms with Crippen LogP contribution in [0.2, 0.25) is 0 Å². The van der Waals surface area contributed by atoms with Gasteiger partial charge in [-0.3, -0.25) is 9.52 Å². The molecule has 0 unspecified atom stereocenters. The predicted molar refractivity (Wildman–Crippen MR) is 92.6 cm³/mol. The van der Waals surface area contributed by atoms with Crippen molar-refractivity contribution in [2.24, 2.45) is 0 Å². The van der Waals surface area contributed by atoms with Gasteiger partial charge in [0, 0.05) is 9.99 Å². The van der Waals surface area contributed by atoms with Crippen molar-refractivity contribution in [2.75, 3.05) is 4.72 Å². The molecule has 0 fully saturated rings. The number of benzene rings is 1. The molecule has 0 aliphatic carbocycles. The number of carbonyl (C=O) groups is 1. The van der Waals surface area contributed by atoms with Crippen molar-refractivity contribution in [1.29, 1.82) is 0 Å². The summed E-state index contributed by atoms with van der Waals surface area (Å²) < 4.78 is 32.7. The molecule has 1 N–H and O–H groups in total. The van der Waals surface area contributed by atoms with E-state index >= 15 is 0 Å². The average molecular weight is 452 g/mol. The van der Waals surface area contributed by atoms with Crippen molar-refractivity contribution in [3.05, 3.63) is 33.2 Å². The fraction of sp³-hybridized carbons (Fsp3) is 0.231. The number of nitrogens with zero attached hydrogens (tertiary/aromatic N) is 1. The summed E-state index contributed by atoms with van der Waals surface area (Å²) in [7, 11) is -3.70. The van der Waals surface area contributed by atoms with Crippen LogP contribution < -0.4 is 9.46 Å². The normalized spacial score (nSPS) is 11.2. The van der Waals surface area contributed by atoms with Crippen LogP contribution in [0.5, 0.6) is 5.88 Å². The van der Waals surface area contributed by atoms with Crippen molar-refractivity contribution in [2.45, 2.75) is 24.7 Å². The van der Waals surface area contributed by atoms with Crippen molar-refractivity contribution < 1.29 is 17.9 Å². The highest BCUT2D eigenvalue weighted by molar-refractivity contribution is 14.1. The van der Waals surface area contributed by atoms with Gasteiger partial charge in [0.2, 0.25) is 5.88 Å². The fourth-order valence-electron chi connectivity index (χ4n) is 1.51. The number of ether oxygens (including phenoxy) is 1. The lowest BCUT2D eigenvalue weighted by atomic mass is 10.3. The first kappa shape index (κ1) is 17.2. The molecule has 1 aromatic heterocycles. The van der Waals surface area contributed by atoms with Gasteiger partial charge in [-0.25, -0.2) is 8.42 Å². The maximum atomic E-state index is 12.2. The monoisotopic (exact) mass is 452 g/mol. The first-order valence-corrected chi connectivity index (χ1v) is 9.79. The zero-order chi connectivity index (χ0) is 16.2. The molecule has 6 nitrogen and oxygen atoms in total. The standard InChI is InChI=1S/C13H13IN2O4S2/c1-2-3-12(17)20-11-8-21-13(15-11)16-22(18,19)10-6-4-9(14)5-7-10/h4-8H,2-3H2,1H3,(H,15,16). The number of aromatic nitrogens is 1. The summed E-state index contributed by atoms with van der Waals surface area (Å²) in [4.78, 5) is 15.5. The quantitative estimate of drug-likeness (QED) is 0.538. The molecule has 0 saturated carbocycles. The van der Waals surface area contributed by atoms with Crippen LogP contribution in [0.1, 0.15) is 19.8 Å². The van der Waals surface area contributed by atoms with E-state index in [1.165, 1.54) is 17.5 Å². The molecule has 2 aromatic rings. The highest BCUT2D eigenvalue weighted by Crippen LogP contribution is 2.24. The summed E-state index contributed by atoms with van der Waals surface area (Å²) in [5.74, 6) is -0.288. The van der Waals surface area contributed by atoms with Gasteiger partial charge in [-0.15, -0.1) is 11.3 Å². The van der Waals surface area contributed by atoms with Gasteiger partial charge in [0.15, 0.2) is 5.13 Å². The van der Waals surface area contributed by atoms with Crippen LogP contribution in [0.25, 0.3) is 0 Å². The first-order chi connectivity index (χ1) is 10.4. The number of anilines is 1. The van der Waals surface area contributed by atoms with Gasteiger partial charge in [0.05, 0.1) is 10.3 Å². The Labute approximate surface area is 146 Å². The van der Waals surface area contributed by atoms with Crippen molar-refractivity contribution >= 4 is 55.1 Å². The van der Waals surface area contributed by atoms with E-state index in [9.17, 15) is 13.2 Å². The van der Waals surface area contributed by atoms with Crippen molar-refractivity contribution in [3.63, 3.8) is 0 Å². The Hall–Kier alpha value is -1.20. The largest absolute Gasteiger partial charge is 0.406 e. The number of thiazole rings is 1. The van der Waals surface area contributed by atoms with E-state index in [0.29, 0.717) is 12.8 Å². The van der Waals surface area contributed by atoms with Gasteiger partial charge in [0.1, 0.15) is 0 Å². The Balaban J connectivity index is 2.09. The molecule has 0 spiro atoms. The molecule has 22 heavy (non-hydrogen) atoms. The lowest BCUT2D eigenvalue weighted by Crippen LogP contribution is -2.13. The van der Waals surface area contributed by atoms with Gasteiger partial charge in [-0.2, -0.15) is 4.98 Å². The highest BCUT2D eigenvalue weighted by atomic mass is 127. The first-order valence-electron chi connectivity index (χ1n) is 6.35. The fourth-order valence-corrected chi connectivity index (χ4v) is 3.74. The van der Waals surface area contributed by atoms with E-state index in [1.807, 2.05) is 6.92 Å². The zero-order valence-corrected chi connectivity index (χ0v) is 15.4. The molecule has 0 atom stereocenters. The SMILES string of the molecule is CCCC(=O)Oc1csc(NS(=O)(=O)c2ccc(I)cc2)n1. The molecule has 0 amide bonds. The Bertz CT molecular complexity index is 757. The molecule has 0 saturated heterocycles. The molecular weight excluding hydrogens is 439 g/mol. The minimum absolute atomic E-state index is 0.101. The minimum Gasteiger partial charge on any atom is -0.406 e. The van der Waals surface area contributed by atoms with Crippen LogP contribution in [0, 0.1) is 3.57 Å². The lowest BCUT2D eigenvalue weighted by molar-refractivity contribution is -0.134. The summed E-state index contributed by atoms with van der Waals surface area (Å²) in [5.41, 5.74) is 0. The number of rotatable bonds is 6. The van der Waals surface area contributed by atoms with Crippen LogP contribution in [0.3, 0.4) is 0 Å². The number of esters is 1. The second kappa shape index (κ2) is 7.38. The van der Waals surface area contributed by atoms with Gasteiger partial charge in [-0.05, 0) is 53.3 Å². The number of hydrogen-bond acceptors (Lipinski definition) is 6. The number of nitrogens with one attached hydrogen (secondary N) is 1. The summed E-state index contributed by atoms with van der Waals surface area (Å²) in [5, 5.41) is 1.64. The number of halogens is 1. The summed E-state index contributed by atoms with van der Waals surface area (Å²) in [6.07, 6.45) is 0.969. The summed E-state index contributed by atoms with van der Waals surface area (Å²) in [6.45, 7) is 1.86. The molecule has 0 aliphatic rings. The molecule has 0 bridgehead atoms. The third-order valence-corrected chi connectivity index (χ3v) is 5.44. The average Bonchev–Trinajstić information content (AvgIpc) is 2.85. The molecule has 1 heterocycles. The Morgan fingerprint density at radius 3 is 2.68 bits per heavy atom. The predicted octanol–water partition coefficient (Wildman–Crippen LogP) is 3.25. The zero-order valence-electron chi connectivity index (χ0n) is 11.6. The summed E-state index contributed by atoms with van der Waals surface area (Å²) in [6, 6.07) is 6.43. The molecule has 0 radical (unpaired) electrons. The minimum atomic E-state index is -3.70. The number of carbonyl (C=O) groups excluding carboxylic acids is 1. The van der Waals surface area contributed by atoms with Crippen LogP contribution in [-0.2, 0) is 14.8 Å². The Morgan fingerprint density at radius 2 is 2.05 bits per heavy atom. The topological polar surface area (TPSA) is 85.4 Å². The number of hydrogen-bond donors (Lipinski definition) is 1. The van der Waals surface area contributed by atoms with Gasteiger partial charge in [0.25, 0.3) is 10.0 Å². The smallest absolute Gasteiger partial charge is 0.312 e. The van der Waals surface area contributed by atoms with E-state index < -0.39 is 10.0 Å². The molecule has 1 aromatic carbocycles. The van der Waals surface area contributed by atoms with Gasteiger partial charge < -0.3 is 4.74 Å². The van der Waals surface area contributed by atoms with Crippen LogP contribution in [0.15, 0.2) is 34.5 Å². The van der Waals surface area contributed by atoms with Crippen LogP contribution in [0.4, 0.5) is 5.13 Å². The lowest BCUT2D eigenvalue weighted by Gasteiger charge is -2.04. The second-order valence-corrected chi connectivity index (χ2v) is 8.06. The molecule has 0 aliphatic heterocycles. The molecule has 118 valence electrons. The third kappa shape index (κ3) is 4.65. The van der Waals surface area contributed by atoms with Crippen molar-refractivity contribution in [1.82, 2.24) is 4.98 Å². The van der Waals surface area contributed by atoms with Crippen molar-refractivity contribution in [3.8, 4) is 5.88 Å². The van der Waals surface area contributed by atoms with Crippen LogP contribution in [-0.4, -0.2) is 19.4 Å². The maximum Gasteiger partial charge on any atom is 0.312 e. The second-order valence-electron chi connectivity index (χ2n) is 4.27. The Kier molecular flexibility index (Phi) is 5.75. The molecule has 2 rings (SSSR count). The van der Waals surface area contributed by atoms with E-state index in [1.54, 1.807) is 12.1 Å². The highest BCUT2D eigenvalue weighted by Gasteiger charge is 2.17. The van der Waals surface area contributed by atoms with Crippen LogP contribution >= 0.6 is 33.9 Å². The van der Waals surface area contributed by atoms with Gasteiger partial charge >= 0.3 is 5.97 Å². The molecule has 9 heteroatoms.